The van der Waals surface area contributed by atoms with Crippen LogP contribution < -0.4 is 11.1 Å². The van der Waals surface area contributed by atoms with Gasteiger partial charge in [0.25, 0.3) is 0 Å². The van der Waals surface area contributed by atoms with Gasteiger partial charge in [-0.1, -0.05) is 12.1 Å². The molecule has 1 unspecified atom stereocenters. The molecule has 3 N–H and O–H groups in total. The van der Waals surface area contributed by atoms with Gasteiger partial charge in [0.1, 0.15) is 0 Å². The number of nitrogen functional groups attached to an aromatic ring is 1. The summed E-state index contributed by atoms with van der Waals surface area (Å²) in [6, 6.07) is 6.38. The molecule has 0 aromatic heterocycles. The minimum Gasteiger partial charge on any atom is -0.398 e. The molecule has 0 bridgehead atoms. The van der Waals surface area contributed by atoms with E-state index >= 15 is 0 Å². The molecule has 1 saturated heterocycles. The van der Waals surface area contributed by atoms with E-state index in [1.165, 1.54) is 17.5 Å². The van der Waals surface area contributed by atoms with Crippen LogP contribution in [0.25, 0.3) is 0 Å². The van der Waals surface area contributed by atoms with Gasteiger partial charge in [0.2, 0.25) is 0 Å². The van der Waals surface area contributed by atoms with Gasteiger partial charge in [-0.3, -0.25) is 0 Å². The Labute approximate surface area is 79.1 Å². The summed E-state index contributed by atoms with van der Waals surface area (Å²) in [5.41, 5.74) is 9.48. The second kappa shape index (κ2) is 3.38. The van der Waals surface area contributed by atoms with E-state index in [-0.39, 0.29) is 0 Å². The summed E-state index contributed by atoms with van der Waals surface area (Å²) < 4.78 is 0. The second-order valence-corrected chi connectivity index (χ2v) is 3.82. The molecule has 13 heavy (non-hydrogen) atoms. The Balaban J connectivity index is 2.29. The van der Waals surface area contributed by atoms with Gasteiger partial charge in [-0.15, -0.1) is 0 Å². The number of anilines is 1. The number of hydrogen-bond acceptors (Lipinski definition) is 2. The third kappa shape index (κ3) is 1.68. The van der Waals surface area contributed by atoms with Crippen molar-refractivity contribution in [2.75, 3.05) is 18.8 Å². The van der Waals surface area contributed by atoms with E-state index in [4.69, 9.17) is 5.73 Å². The van der Waals surface area contributed by atoms with Crippen molar-refractivity contribution in [2.45, 2.75) is 19.3 Å². The highest BCUT2D eigenvalue weighted by Gasteiger charge is 2.18. The van der Waals surface area contributed by atoms with E-state index in [2.05, 4.69) is 30.4 Å². The number of hydrogen-bond donors (Lipinski definition) is 2. The Morgan fingerprint density at radius 1 is 1.46 bits per heavy atom. The van der Waals surface area contributed by atoms with Crippen LogP contribution in [0.4, 0.5) is 5.69 Å². The normalized spacial score (nSPS) is 22.1. The van der Waals surface area contributed by atoms with Crippen LogP contribution in [0.1, 0.15) is 23.5 Å². The Kier molecular flexibility index (Phi) is 2.23. The largest absolute Gasteiger partial charge is 0.398 e. The molecule has 1 aliphatic heterocycles. The number of nitrogens with one attached hydrogen (secondary N) is 1. The number of benzene rings is 1. The molecule has 2 heteroatoms. The first kappa shape index (κ1) is 8.57. The zero-order valence-corrected chi connectivity index (χ0v) is 8.01. The molecule has 1 atom stereocenters. The molecule has 0 spiro atoms. The maximum absolute atomic E-state index is 5.97. The molecule has 0 aliphatic carbocycles. The Morgan fingerprint density at radius 2 is 2.31 bits per heavy atom. The average molecular weight is 176 g/mol. The summed E-state index contributed by atoms with van der Waals surface area (Å²) in [5.74, 6) is 0.626. The van der Waals surface area contributed by atoms with E-state index in [1.807, 2.05) is 0 Å². The quantitative estimate of drug-likeness (QED) is 0.638. The molecule has 1 aromatic rings. The number of nitrogens with two attached hydrogens (primary N) is 1. The molecule has 0 amide bonds. The molecule has 1 aliphatic rings. The number of aryl methyl sites for hydroxylation is 1. The molecule has 70 valence electrons. The molecule has 2 rings (SSSR count). The highest BCUT2D eigenvalue weighted by Crippen LogP contribution is 2.27. The third-order valence-corrected chi connectivity index (χ3v) is 2.74. The van der Waals surface area contributed by atoms with Crippen molar-refractivity contribution in [1.82, 2.24) is 5.32 Å². The Hall–Kier alpha value is -1.02. The van der Waals surface area contributed by atoms with Crippen molar-refractivity contribution in [1.29, 1.82) is 0 Å². The zero-order chi connectivity index (χ0) is 9.26. The molecule has 1 aromatic carbocycles. The summed E-state index contributed by atoms with van der Waals surface area (Å²) in [4.78, 5) is 0. The smallest absolute Gasteiger partial charge is 0.0352 e. The van der Waals surface area contributed by atoms with Crippen LogP contribution in [-0.4, -0.2) is 13.1 Å². The van der Waals surface area contributed by atoms with Gasteiger partial charge in [0.05, 0.1) is 0 Å². The van der Waals surface area contributed by atoms with Crippen LogP contribution in [0.15, 0.2) is 18.2 Å². The SMILES string of the molecule is Cc1ccc(C2CCNC2)c(N)c1. The van der Waals surface area contributed by atoms with Crippen molar-refractivity contribution in [3.8, 4) is 0 Å². The first-order chi connectivity index (χ1) is 6.27. The van der Waals surface area contributed by atoms with Crippen LogP contribution in [0, 0.1) is 6.92 Å². The fourth-order valence-electron chi connectivity index (χ4n) is 1.99. The monoisotopic (exact) mass is 176 g/mol. The maximum atomic E-state index is 5.97. The van der Waals surface area contributed by atoms with Crippen LogP contribution >= 0.6 is 0 Å². The predicted molar refractivity (Wildman–Crippen MR) is 55.8 cm³/mol. The van der Waals surface area contributed by atoms with Gasteiger partial charge in [0.15, 0.2) is 0 Å². The van der Waals surface area contributed by atoms with Crippen molar-refractivity contribution in [3.05, 3.63) is 29.3 Å². The maximum Gasteiger partial charge on any atom is 0.0352 e. The molecule has 0 saturated carbocycles. The first-order valence-corrected chi connectivity index (χ1v) is 4.84. The lowest BCUT2D eigenvalue weighted by Gasteiger charge is -2.12. The Morgan fingerprint density at radius 3 is 2.92 bits per heavy atom. The molecular weight excluding hydrogens is 160 g/mol. The third-order valence-electron chi connectivity index (χ3n) is 2.74. The van der Waals surface area contributed by atoms with Gasteiger partial charge in [-0.25, -0.2) is 0 Å². The van der Waals surface area contributed by atoms with Crippen molar-refractivity contribution in [2.24, 2.45) is 0 Å². The van der Waals surface area contributed by atoms with Gasteiger partial charge in [0, 0.05) is 12.2 Å². The van der Waals surface area contributed by atoms with Gasteiger partial charge >= 0.3 is 0 Å². The zero-order valence-electron chi connectivity index (χ0n) is 8.01. The summed E-state index contributed by atoms with van der Waals surface area (Å²) >= 11 is 0. The fourth-order valence-corrected chi connectivity index (χ4v) is 1.99. The van der Waals surface area contributed by atoms with Crippen LogP contribution in [0.2, 0.25) is 0 Å². The summed E-state index contributed by atoms with van der Waals surface area (Å²) in [6.45, 7) is 4.28. The van der Waals surface area contributed by atoms with E-state index < -0.39 is 0 Å². The topological polar surface area (TPSA) is 38.0 Å². The molecule has 1 heterocycles. The second-order valence-electron chi connectivity index (χ2n) is 3.82. The van der Waals surface area contributed by atoms with Crippen LogP contribution in [0.3, 0.4) is 0 Å². The van der Waals surface area contributed by atoms with E-state index in [0.29, 0.717) is 5.92 Å². The highest BCUT2D eigenvalue weighted by molar-refractivity contribution is 5.51. The average Bonchev–Trinajstić information content (AvgIpc) is 2.56. The minimum atomic E-state index is 0.626. The van der Waals surface area contributed by atoms with E-state index in [9.17, 15) is 0 Å². The van der Waals surface area contributed by atoms with Gasteiger partial charge in [-0.2, -0.15) is 0 Å². The van der Waals surface area contributed by atoms with Crippen molar-refractivity contribution < 1.29 is 0 Å². The molecule has 1 fully saturated rings. The lowest BCUT2D eigenvalue weighted by molar-refractivity contribution is 0.765. The standard InChI is InChI=1S/C11H16N2/c1-8-2-3-10(11(12)6-8)9-4-5-13-7-9/h2-3,6,9,13H,4-5,7,12H2,1H3. The minimum absolute atomic E-state index is 0.626. The molecule has 2 nitrogen and oxygen atoms in total. The molecular formula is C11H16N2. The van der Waals surface area contributed by atoms with Crippen LogP contribution in [0.5, 0.6) is 0 Å². The van der Waals surface area contributed by atoms with Crippen molar-refractivity contribution >= 4 is 5.69 Å². The molecule has 0 radical (unpaired) electrons. The fraction of sp³-hybridized carbons (Fsp3) is 0.455. The van der Waals surface area contributed by atoms with E-state index in [1.54, 1.807) is 0 Å². The summed E-state index contributed by atoms with van der Waals surface area (Å²) in [7, 11) is 0. The van der Waals surface area contributed by atoms with Gasteiger partial charge in [-0.05, 0) is 43.0 Å². The Bertz CT molecular complexity index is 301. The van der Waals surface area contributed by atoms with Gasteiger partial charge < -0.3 is 11.1 Å². The number of rotatable bonds is 1. The van der Waals surface area contributed by atoms with E-state index in [0.717, 1.165) is 18.8 Å². The highest BCUT2D eigenvalue weighted by atomic mass is 14.9. The first-order valence-electron chi connectivity index (χ1n) is 4.84. The lowest BCUT2D eigenvalue weighted by atomic mass is 9.96. The predicted octanol–water partition coefficient (Wildman–Crippen LogP) is 1.65. The summed E-state index contributed by atoms with van der Waals surface area (Å²) in [6.07, 6.45) is 1.22. The lowest BCUT2D eigenvalue weighted by Crippen LogP contribution is -2.09. The summed E-state index contributed by atoms with van der Waals surface area (Å²) in [5, 5.41) is 3.36. The van der Waals surface area contributed by atoms with Crippen molar-refractivity contribution in [3.63, 3.8) is 0 Å². The van der Waals surface area contributed by atoms with Crippen LogP contribution in [-0.2, 0) is 0 Å².